The molecule has 2 aliphatic rings. The molecular formula is C16H30N2O2. The number of likely N-dealkylation sites (tertiary alicyclic amines) is 1. The fourth-order valence-corrected chi connectivity index (χ4v) is 3.91. The number of carbonyl (C=O) groups is 1. The summed E-state index contributed by atoms with van der Waals surface area (Å²) in [5.74, 6) is 0.944. The molecule has 1 unspecified atom stereocenters. The van der Waals surface area contributed by atoms with Crippen molar-refractivity contribution in [2.75, 3.05) is 39.9 Å². The van der Waals surface area contributed by atoms with Crippen LogP contribution in [0.4, 0.5) is 0 Å². The lowest BCUT2D eigenvalue weighted by atomic mass is 9.73. The number of piperidine rings is 2. The SMILES string of the molecule is CCCC1(C(=O)N2CCCC(COC)C2)CCNCC1. The Kier molecular flexibility index (Phi) is 5.85. The van der Waals surface area contributed by atoms with Crippen molar-refractivity contribution in [2.24, 2.45) is 11.3 Å². The van der Waals surface area contributed by atoms with Crippen LogP contribution in [0.1, 0.15) is 45.4 Å². The Morgan fingerprint density at radius 2 is 2.15 bits per heavy atom. The summed E-state index contributed by atoms with van der Waals surface area (Å²) in [7, 11) is 1.76. The molecule has 2 saturated heterocycles. The van der Waals surface area contributed by atoms with Crippen molar-refractivity contribution in [3.05, 3.63) is 0 Å². The zero-order valence-electron chi connectivity index (χ0n) is 13.1. The van der Waals surface area contributed by atoms with Gasteiger partial charge in [-0.2, -0.15) is 0 Å². The number of hydrogen-bond donors (Lipinski definition) is 1. The Morgan fingerprint density at radius 1 is 1.40 bits per heavy atom. The largest absolute Gasteiger partial charge is 0.384 e. The lowest BCUT2D eigenvalue weighted by Crippen LogP contribution is -2.52. The second-order valence-electron chi connectivity index (χ2n) is 6.50. The Balaban J connectivity index is 2.02. The Hall–Kier alpha value is -0.610. The van der Waals surface area contributed by atoms with Crippen LogP contribution in [0.3, 0.4) is 0 Å². The fraction of sp³-hybridized carbons (Fsp3) is 0.938. The first-order chi connectivity index (χ1) is 9.72. The summed E-state index contributed by atoms with van der Waals surface area (Å²) in [6.45, 7) is 6.79. The number of carbonyl (C=O) groups excluding carboxylic acids is 1. The van der Waals surface area contributed by atoms with Crippen LogP contribution in [0, 0.1) is 11.3 Å². The number of ether oxygens (including phenoxy) is 1. The summed E-state index contributed by atoms with van der Waals surface area (Å²) in [5.41, 5.74) is -0.0883. The van der Waals surface area contributed by atoms with Gasteiger partial charge in [0.15, 0.2) is 0 Å². The highest BCUT2D eigenvalue weighted by Crippen LogP contribution is 2.37. The van der Waals surface area contributed by atoms with Gasteiger partial charge in [-0.3, -0.25) is 4.79 Å². The van der Waals surface area contributed by atoms with Gasteiger partial charge in [-0.05, 0) is 51.1 Å². The predicted molar refractivity (Wildman–Crippen MR) is 80.6 cm³/mol. The summed E-state index contributed by atoms with van der Waals surface area (Å²) < 4.78 is 5.28. The molecule has 4 nitrogen and oxygen atoms in total. The maximum Gasteiger partial charge on any atom is 0.228 e. The van der Waals surface area contributed by atoms with Crippen LogP contribution in [-0.2, 0) is 9.53 Å². The number of rotatable bonds is 5. The van der Waals surface area contributed by atoms with Crippen molar-refractivity contribution < 1.29 is 9.53 Å². The molecule has 0 aromatic carbocycles. The highest BCUT2D eigenvalue weighted by Gasteiger charge is 2.42. The molecule has 2 rings (SSSR count). The van der Waals surface area contributed by atoms with Crippen LogP contribution in [0.5, 0.6) is 0 Å². The van der Waals surface area contributed by atoms with Crippen LogP contribution in [-0.4, -0.2) is 50.7 Å². The molecule has 1 amide bonds. The van der Waals surface area contributed by atoms with Crippen molar-refractivity contribution in [1.29, 1.82) is 0 Å². The molecule has 116 valence electrons. The first kappa shape index (κ1) is 15.8. The fourth-order valence-electron chi connectivity index (χ4n) is 3.91. The molecule has 0 spiro atoms. The van der Waals surface area contributed by atoms with Crippen LogP contribution >= 0.6 is 0 Å². The molecule has 0 saturated carbocycles. The van der Waals surface area contributed by atoms with Gasteiger partial charge in [0.2, 0.25) is 5.91 Å². The standard InChI is InChI=1S/C16H30N2O2/c1-3-6-16(7-9-17-10-8-16)15(19)18-11-4-5-14(12-18)13-20-2/h14,17H,3-13H2,1-2H3. The van der Waals surface area contributed by atoms with E-state index in [0.717, 1.165) is 64.9 Å². The van der Waals surface area contributed by atoms with Crippen LogP contribution in [0.2, 0.25) is 0 Å². The molecule has 0 aliphatic carbocycles. The van der Waals surface area contributed by atoms with Crippen LogP contribution < -0.4 is 5.32 Å². The van der Waals surface area contributed by atoms with E-state index >= 15 is 0 Å². The molecule has 0 aromatic heterocycles. The first-order valence-corrected chi connectivity index (χ1v) is 8.21. The highest BCUT2D eigenvalue weighted by molar-refractivity contribution is 5.83. The van der Waals surface area contributed by atoms with Gasteiger partial charge in [0.1, 0.15) is 0 Å². The number of hydrogen-bond acceptors (Lipinski definition) is 3. The van der Waals surface area contributed by atoms with Gasteiger partial charge >= 0.3 is 0 Å². The second kappa shape index (κ2) is 7.41. The second-order valence-corrected chi connectivity index (χ2v) is 6.50. The van der Waals surface area contributed by atoms with Crippen molar-refractivity contribution in [3.63, 3.8) is 0 Å². The molecule has 20 heavy (non-hydrogen) atoms. The number of nitrogens with zero attached hydrogens (tertiary/aromatic N) is 1. The van der Waals surface area contributed by atoms with E-state index < -0.39 is 0 Å². The van der Waals surface area contributed by atoms with E-state index in [0.29, 0.717) is 11.8 Å². The maximum atomic E-state index is 13.1. The normalized spacial score (nSPS) is 26.5. The van der Waals surface area contributed by atoms with Gasteiger partial charge in [-0.1, -0.05) is 13.3 Å². The Bertz CT molecular complexity index is 306. The third-order valence-corrected chi connectivity index (χ3v) is 4.95. The van der Waals surface area contributed by atoms with Crippen molar-refractivity contribution >= 4 is 5.91 Å². The van der Waals surface area contributed by atoms with Crippen LogP contribution in [0.15, 0.2) is 0 Å². The topological polar surface area (TPSA) is 41.6 Å². The molecule has 4 heteroatoms. The lowest BCUT2D eigenvalue weighted by Gasteiger charge is -2.42. The summed E-state index contributed by atoms with van der Waals surface area (Å²) in [6, 6.07) is 0. The average molecular weight is 282 g/mol. The van der Waals surface area contributed by atoms with Gasteiger partial charge in [-0.15, -0.1) is 0 Å². The molecule has 2 heterocycles. The van der Waals surface area contributed by atoms with Crippen LogP contribution in [0.25, 0.3) is 0 Å². The Labute approximate surface area is 123 Å². The zero-order chi connectivity index (χ0) is 14.4. The van der Waals surface area contributed by atoms with E-state index in [1.807, 2.05) is 0 Å². The number of methoxy groups -OCH3 is 1. The summed E-state index contributed by atoms with van der Waals surface area (Å²) in [6.07, 6.45) is 6.47. The zero-order valence-corrected chi connectivity index (χ0v) is 13.1. The minimum atomic E-state index is -0.0883. The molecule has 2 aliphatic heterocycles. The third-order valence-electron chi connectivity index (χ3n) is 4.95. The lowest BCUT2D eigenvalue weighted by molar-refractivity contribution is -0.146. The molecular weight excluding hydrogens is 252 g/mol. The van der Waals surface area contributed by atoms with E-state index in [4.69, 9.17) is 4.74 Å². The van der Waals surface area contributed by atoms with E-state index in [9.17, 15) is 4.79 Å². The van der Waals surface area contributed by atoms with E-state index in [2.05, 4.69) is 17.1 Å². The smallest absolute Gasteiger partial charge is 0.228 e. The van der Waals surface area contributed by atoms with Crippen molar-refractivity contribution in [3.8, 4) is 0 Å². The predicted octanol–water partition coefficient (Wildman–Crippen LogP) is 2.04. The number of nitrogens with one attached hydrogen (secondary N) is 1. The molecule has 0 bridgehead atoms. The quantitative estimate of drug-likeness (QED) is 0.839. The molecule has 2 fully saturated rings. The molecule has 1 atom stereocenters. The minimum Gasteiger partial charge on any atom is -0.384 e. The minimum absolute atomic E-state index is 0.0883. The van der Waals surface area contributed by atoms with Gasteiger partial charge in [0.05, 0.1) is 12.0 Å². The average Bonchev–Trinajstić information content (AvgIpc) is 2.48. The summed E-state index contributed by atoms with van der Waals surface area (Å²) >= 11 is 0. The van der Waals surface area contributed by atoms with Crippen molar-refractivity contribution in [1.82, 2.24) is 10.2 Å². The van der Waals surface area contributed by atoms with Gasteiger partial charge in [-0.25, -0.2) is 0 Å². The first-order valence-electron chi connectivity index (χ1n) is 8.21. The van der Waals surface area contributed by atoms with E-state index in [1.165, 1.54) is 6.42 Å². The Morgan fingerprint density at radius 3 is 2.80 bits per heavy atom. The third kappa shape index (κ3) is 3.53. The molecule has 1 N–H and O–H groups in total. The van der Waals surface area contributed by atoms with Gasteiger partial charge in [0.25, 0.3) is 0 Å². The number of amides is 1. The monoisotopic (exact) mass is 282 g/mol. The van der Waals surface area contributed by atoms with Crippen molar-refractivity contribution in [2.45, 2.75) is 45.4 Å². The maximum absolute atomic E-state index is 13.1. The highest BCUT2D eigenvalue weighted by atomic mass is 16.5. The summed E-state index contributed by atoms with van der Waals surface area (Å²) in [5, 5.41) is 3.39. The summed E-state index contributed by atoms with van der Waals surface area (Å²) in [4.78, 5) is 15.2. The van der Waals surface area contributed by atoms with Gasteiger partial charge in [0, 0.05) is 20.2 Å². The molecule has 0 radical (unpaired) electrons. The van der Waals surface area contributed by atoms with Gasteiger partial charge < -0.3 is 15.0 Å². The van der Waals surface area contributed by atoms with E-state index in [-0.39, 0.29) is 5.41 Å². The van der Waals surface area contributed by atoms with E-state index in [1.54, 1.807) is 7.11 Å². The molecule has 0 aromatic rings.